The molecule has 0 aliphatic carbocycles. The van der Waals surface area contributed by atoms with Crippen LogP contribution in [0.5, 0.6) is 0 Å². The molecule has 0 aromatic carbocycles. The molecule has 5 heteroatoms. The predicted molar refractivity (Wildman–Crippen MR) is 45.3 cm³/mol. The van der Waals surface area contributed by atoms with Crippen molar-refractivity contribution >= 4 is 27.9 Å². The summed E-state index contributed by atoms with van der Waals surface area (Å²) >= 11 is 3.12. The van der Waals surface area contributed by atoms with Gasteiger partial charge in [-0.15, -0.1) is 0 Å². The molecule has 0 radical (unpaired) electrons. The third kappa shape index (κ3) is 3.98. The third-order valence-electron chi connectivity index (χ3n) is 1.08. The topological polar surface area (TPSA) is 72.2 Å². The molecule has 0 fully saturated rings. The maximum Gasteiger partial charge on any atom is 0.318 e. The van der Waals surface area contributed by atoms with Gasteiger partial charge in [0.1, 0.15) is 0 Å². The molecule has 0 unspecified atom stereocenters. The van der Waals surface area contributed by atoms with Crippen molar-refractivity contribution in [1.29, 1.82) is 0 Å². The van der Waals surface area contributed by atoms with Crippen LogP contribution in [0.2, 0.25) is 0 Å². The molecule has 0 spiro atoms. The summed E-state index contributed by atoms with van der Waals surface area (Å²) in [5.74, 6) is -0.262. The minimum atomic E-state index is -0.819. The van der Waals surface area contributed by atoms with Crippen molar-refractivity contribution in [2.45, 2.75) is 18.7 Å². The van der Waals surface area contributed by atoms with E-state index in [0.29, 0.717) is 0 Å². The summed E-state index contributed by atoms with van der Waals surface area (Å²) in [7, 11) is 0. The van der Waals surface area contributed by atoms with Crippen LogP contribution >= 0.6 is 15.9 Å². The van der Waals surface area contributed by atoms with E-state index in [4.69, 9.17) is 5.73 Å². The standard InChI is InChI=1S/C6H11BrN2O2/c1-3(2)4(7)5(10)9-6(8)11/h3-4H,1-2H3,(H3,8,9,10,11)/t4-/m1/s1. The first kappa shape index (κ1) is 10.4. The fourth-order valence-electron chi connectivity index (χ4n) is 0.493. The number of hydrogen-bond donors (Lipinski definition) is 2. The van der Waals surface area contributed by atoms with E-state index in [1.807, 2.05) is 19.2 Å². The van der Waals surface area contributed by atoms with Crippen molar-refractivity contribution in [1.82, 2.24) is 5.32 Å². The number of alkyl halides is 1. The molecule has 0 bridgehead atoms. The van der Waals surface area contributed by atoms with Crippen molar-refractivity contribution in [2.24, 2.45) is 11.7 Å². The molecular weight excluding hydrogens is 212 g/mol. The number of imide groups is 1. The molecule has 3 amide bonds. The van der Waals surface area contributed by atoms with Gasteiger partial charge in [0.2, 0.25) is 5.91 Å². The van der Waals surface area contributed by atoms with Crippen LogP contribution in [-0.2, 0) is 4.79 Å². The van der Waals surface area contributed by atoms with Gasteiger partial charge in [-0.25, -0.2) is 4.79 Å². The van der Waals surface area contributed by atoms with Crippen LogP contribution in [0.15, 0.2) is 0 Å². The van der Waals surface area contributed by atoms with Gasteiger partial charge in [0.05, 0.1) is 4.83 Å². The lowest BCUT2D eigenvalue weighted by atomic mass is 10.1. The highest BCUT2D eigenvalue weighted by molar-refractivity contribution is 9.10. The first-order valence-corrected chi connectivity index (χ1v) is 4.11. The number of urea groups is 1. The van der Waals surface area contributed by atoms with E-state index in [1.54, 1.807) is 0 Å². The molecule has 0 saturated carbocycles. The van der Waals surface area contributed by atoms with E-state index >= 15 is 0 Å². The van der Waals surface area contributed by atoms with Gasteiger partial charge < -0.3 is 5.73 Å². The summed E-state index contributed by atoms with van der Waals surface area (Å²) in [6, 6.07) is -0.819. The molecule has 4 nitrogen and oxygen atoms in total. The van der Waals surface area contributed by atoms with Crippen LogP contribution in [0, 0.1) is 5.92 Å². The summed E-state index contributed by atoms with van der Waals surface area (Å²) in [6.07, 6.45) is 0. The Hall–Kier alpha value is -0.580. The van der Waals surface area contributed by atoms with Crippen molar-refractivity contribution in [3.05, 3.63) is 0 Å². The van der Waals surface area contributed by atoms with Crippen LogP contribution in [0.4, 0.5) is 4.79 Å². The summed E-state index contributed by atoms with van der Waals surface area (Å²) in [5.41, 5.74) is 4.74. The number of nitrogens with two attached hydrogens (primary N) is 1. The van der Waals surface area contributed by atoms with E-state index in [2.05, 4.69) is 15.9 Å². The van der Waals surface area contributed by atoms with E-state index < -0.39 is 11.9 Å². The van der Waals surface area contributed by atoms with Gasteiger partial charge in [0.15, 0.2) is 0 Å². The molecule has 0 rings (SSSR count). The minimum absolute atomic E-state index is 0.134. The van der Waals surface area contributed by atoms with Crippen molar-refractivity contribution < 1.29 is 9.59 Å². The molecule has 64 valence electrons. The van der Waals surface area contributed by atoms with E-state index in [0.717, 1.165) is 0 Å². The van der Waals surface area contributed by atoms with Gasteiger partial charge >= 0.3 is 6.03 Å². The molecule has 0 aliphatic rings. The second kappa shape index (κ2) is 4.33. The third-order valence-corrected chi connectivity index (χ3v) is 2.56. The fraction of sp³-hybridized carbons (Fsp3) is 0.667. The quantitative estimate of drug-likeness (QED) is 0.673. The maximum atomic E-state index is 10.9. The Morgan fingerprint density at radius 2 is 1.91 bits per heavy atom. The van der Waals surface area contributed by atoms with Crippen LogP contribution in [0.25, 0.3) is 0 Å². The normalized spacial score (nSPS) is 12.7. The first-order valence-electron chi connectivity index (χ1n) is 3.19. The number of carbonyl (C=O) groups excluding carboxylic acids is 2. The SMILES string of the molecule is CC(C)[C@@H](Br)C(=O)NC(N)=O. The highest BCUT2D eigenvalue weighted by Gasteiger charge is 2.19. The Labute approximate surface area is 73.6 Å². The zero-order chi connectivity index (χ0) is 9.02. The zero-order valence-corrected chi connectivity index (χ0v) is 8.01. The van der Waals surface area contributed by atoms with Crippen LogP contribution in [0.3, 0.4) is 0 Å². The number of rotatable bonds is 2. The summed E-state index contributed by atoms with van der Waals surface area (Å²) in [6.45, 7) is 3.72. The van der Waals surface area contributed by atoms with Crippen LogP contribution < -0.4 is 11.1 Å². The Morgan fingerprint density at radius 3 is 2.18 bits per heavy atom. The first-order chi connectivity index (χ1) is 4.95. The Morgan fingerprint density at radius 1 is 1.45 bits per heavy atom. The number of halogens is 1. The van der Waals surface area contributed by atoms with Crippen molar-refractivity contribution in [3.8, 4) is 0 Å². The molecular formula is C6H11BrN2O2. The highest BCUT2D eigenvalue weighted by atomic mass is 79.9. The monoisotopic (exact) mass is 222 g/mol. The molecule has 0 aromatic heterocycles. The van der Waals surface area contributed by atoms with E-state index in [9.17, 15) is 9.59 Å². The van der Waals surface area contributed by atoms with Crippen molar-refractivity contribution in [3.63, 3.8) is 0 Å². The van der Waals surface area contributed by atoms with Gasteiger partial charge in [-0.2, -0.15) is 0 Å². The zero-order valence-electron chi connectivity index (χ0n) is 6.43. The van der Waals surface area contributed by atoms with Gasteiger partial charge in [0.25, 0.3) is 0 Å². The number of nitrogens with one attached hydrogen (secondary N) is 1. The van der Waals surface area contributed by atoms with E-state index in [1.165, 1.54) is 0 Å². The molecule has 1 atom stereocenters. The second-order valence-corrected chi connectivity index (χ2v) is 3.49. The minimum Gasteiger partial charge on any atom is -0.351 e. The number of primary amides is 1. The predicted octanol–water partition coefficient (Wildman–Crippen LogP) is 0.601. The Bertz CT molecular complexity index is 170. The molecule has 0 aromatic rings. The summed E-state index contributed by atoms with van der Waals surface area (Å²) in [5, 5.41) is 1.98. The largest absolute Gasteiger partial charge is 0.351 e. The summed E-state index contributed by atoms with van der Waals surface area (Å²) in [4.78, 5) is 20.8. The summed E-state index contributed by atoms with van der Waals surface area (Å²) < 4.78 is 0. The van der Waals surface area contributed by atoms with Crippen molar-refractivity contribution in [2.75, 3.05) is 0 Å². The highest BCUT2D eigenvalue weighted by Crippen LogP contribution is 2.11. The molecule has 0 saturated heterocycles. The molecule has 0 aliphatic heterocycles. The lowest BCUT2D eigenvalue weighted by molar-refractivity contribution is -0.119. The van der Waals surface area contributed by atoms with E-state index in [-0.39, 0.29) is 10.7 Å². The number of hydrogen-bond acceptors (Lipinski definition) is 2. The van der Waals surface area contributed by atoms with Crippen LogP contribution in [-0.4, -0.2) is 16.8 Å². The average Bonchev–Trinajstić information content (AvgIpc) is 1.84. The number of carbonyl (C=O) groups is 2. The molecule has 11 heavy (non-hydrogen) atoms. The molecule has 3 N–H and O–H groups in total. The van der Waals surface area contributed by atoms with Crippen LogP contribution in [0.1, 0.15) is 13.8 Å². The lowest BCUT2D eigenvalue weighted by Gasteiger charge is -2.11. The van der Waals surface area contributed by atoms with Gasteiger partial charge in [-0.1, -0.05) is 29.8 Å². The number of amides is 3. The average molecular weight is 223 g/mol. The van der Waals surface area contributed by atoms with Gasteiger partial charge in [0, 0.05) is 0 Å². The Kier molecular flexibility index (Phi) is 4.10. The van der Waals surface area contributed by atoms with Gasteiger partial charge in [-0.3, -0.25) is 10.1 Å². The fourth-order valence-corrected chi connectivity index (χ4v) is 0.608. The second-order valence-electron chi connectivity index (χ2n) is 2.50. The maximum absolute atomic E-state index is 10.9. The lowest BCUT2D eigenvalue weighted by Crippen LogP contribution is -2.41. The van der Waals surface area contributed by atoms with Gasteiger partial charge in [-0.05, 0) is 5.92 Å². The smallest absolute Gasteiger partial charge is 0.318 e. The molecule has 0 heterocycles. The Balaban J connectivity index is 3.93.